The van der Waals surface area contributed by atoms with Crippen molar-refractivity contribution in [3.05, 3.63) is 23.8 Å². The van der Waals surface area contributed by atoms with Gasteiger partial charge >= 0.3 is 5.97 Å². The average Bonchev–Trinajstić information content (AvgIpc) is 2.55. The number of nitrogens with zero attached hydrogens (tertiary/aromatic N) is 1. The Hall–Kier alpha value is -2.24. The van der Waals surface area contributed by atoms with Crippen LogP contribution in [0.1, 0.15) is 18.4 Å². The molecule has 1 fully saturated rings. The first kappa shape index (κ1) is 16.1. The lowest BCUT2D eigenvalue weighted by Crippen LogP contribution is -2.41. The second-order valence-corrected chi connectivity index (χ2v) is 5.31. The lowest BCUT2D eigenvalue weighted by Gasteiger charge is -2.30. The van der Waals surface area contributed by atoms with Gasteiger partial charge in [0.05, 0.1) is 26.6 Å². The molecule has 0 saturated carbocycles. The molecule has 1 aromatic rings. The van der Waals surface area contributed by atoms with Crippen LogP contribution in [0.2, 0.25) is 0 Å². The van der Waals surface area contributed by atoms with Gasteiger partial charge in [-0.2, -0.15) is 0 Å². The average molecular weight is 307 g/mol. The summed E-state index contributed by atoms with van der Waals surface area (Å²) in [6.45, 7) is 0.959. The zero-order chi connectivity index (χ0) is 16.1. The van der Waals surface area contributed by atoms with Gasteiger partial charge in [-0.25, -0.2) is 0 Å². The minimum Gasteiger partial charge on any atom is -0.496 e. The molecule has 1 heterocycles. The van der Waals surface area contributed by atoms with E-state index < -0.39 is 5.97 Å². The number of methoxy groups -OCH3 is 2. The van der Waals surface area contributed by atoms with E-state index in [1.54, 1.807) is 31.3 Å². The highest BCUT2D eigenvalue weighted by molar-refractivity contribution is 5.81. The molecule has 1 aromatic carbocycles. The summed E-state index contributed by atoms with van der Waals surface area (Å²) >= 11 is 0. The topological polar surface area (TPSA) is 76.1 Å². The SMILES string of the molecule is COc1cccc(OC)c1CC(=O)N1CCC(C(=O)O)CC1. The van der Waals surface area contributed by atoms with Gasteiger partial charge in [0.1, 0.15) is 11.5 Å². The highest BCUT2D eigenvalue weighted by Gasteiger charge is 2.27. The third-order valence-corrected chi connectivity index (χ3v) is 4.05. The molecule has 2 rings (SSSR count). The number of carbonyl (C=O) groups is 2. The van der Waals surface area contributed by atoms with Gasteiger partial charge in [-0.15, -0.1) is 0 Å². The Balaban J connectivity index is 2.05. The van der Waals surface area contributed by atoms with E-state index in [0.717, 1.165) is 5.56 Å². The smallest absolute Gasteiger partial charge is 0.306 e. The summed E-state index contributed by atoms with van der Waals surface area (Å²) < 4.78 is 10.6. The van der Waals surface area contributed by atoms with Crippen LogP contribution in [-0.4, -0.2) is 49.2 Å². The summed E-state index contributed by atoms with van der Waals surface area (Å²) in [5, 5.41) is 9.00. The number of ether oxygens (including phenoxy) is 2. The van der Waals surface area contributed by atoms with Gasteiger partial charge in [0.25, 0.3) is 0 Å². The molecule has 0 bridgehead atoms. The maximum atomic E-state index is 12.4. The van der Waals surface area contributed by atoms with Crippen LogP contribution in [-0.2, 0) is 16.0 Å². The van der Waals surface area contributed by atoms with Crippen LogP contribution in [0, 0.1) is 5.92 Å². The normalized spacial score (nSPS) is 15.5. The monoisotopic (exact) mass is 307 g/mol. The Bertz CT molecular complexity index is 527. The van der Waals surface area contributed by atoms with E-state index in [9.17, 15) is 9.59 Å². The first-order chi connectivity index (χ1) is 10.6. The van der Waals surface area contributed by atoms with Crippen LogP contribution in [0.5, 0.6) is 11.5 Å². The number of benzene rings is 1. The first-order valence-electron chi connectivity index (χ1n) is 7.27. The summed E-state index contributed by atoms with van der Waals surface area (Å²) in [5.41, 5.74) is 0.720. The highest BCUT2D eigenvalue weighted by Crippen LogP contribution is 2.29. The predicted molar refractivity (Wildman–Crippen MR) is 80.2 cm³/mol. The number of carboxylic acid groups (broad SMARTS) is 1. The zero-order valence-corrected chi connectivity index (χ0v) is 12.9. The zero-order valence-electron chi connectivity index (χ0n) is 12.9. The minimum atomic E-state index is -0.779. The van der Waals surface area contributed by atoms with Gasteiger partial charge in [-0.05, 0) is 25.0 Å². The third kappa shape index (κ3) is 3.50. The molecule has 0 atom stereocenters. The molecule has 22 heavy (non-hydrogen) atoms. The number of carboxylic acids is 1. The Morgan fingerprint density at radius 2 is 1.73 bits per heavy atom. The second kappa shape index (κ2) is 7.15. The van der Waals surface area contributed by atoms with Crippen LogP contribution < -0.4 is 9.47 Å². The Morgan fingerprint density at radius 1 is 1.18 bits per heavy atom. The van der Waals surface area contributed by atoms with Crippen molar-refractivity contribution in [3.8, 4) is 11.5 Å². The van der Waals surface area contributed by atoms with E-state index in [1.165, 1.54) is 0 Å². The molecule has 1 aliphatic rings. The number of hydrogen-bond donors (Lipinski definition) is 1. The van der Waals surface area contributed by atoms with Gasteiger partial charge in [-0.1, -0.05) is 6.07 Å². The third-order valence-electron chi connectivity index (χ3n) is 4.05. The minimum absolute atomic E-state index is 0.0355. The predicted octanol–water partition coefficient (Wildman–Crippen LogP) is 1.57. The van der Waals surface area contributed by atoms with Gasteiger partial charge in [-0.3, -0.25) is 9.59 Å². The molecule has 0 unspecified atom stereocenters. The van der Waals surface area contributed by atoms with Crippen LogP contribution in [0.4, 0.5) is 0 Å². The van der Waals surface area contributed by atoms with Crippen molar-refractivity contribution < 1.29 is 24.2 Å². The quantitative estimate of drug-likeness (QED) is 0.893. The molecule has 0 spiro atoms. The fourth-order valence-electron chi connectivity index (χ4n) is 2.74. The number of piperidine rings is 1. The van der Waals surface area contributed by atoms with Gasteiger partial charge in [0, 0.05) is 18.7 Å². The number of rotatable bonds is 5. The maximum Gasteiger partial charge on any atom is 0.306 e. The molecule has 6 heteroatoms. The summed E-state index contributed by atoms with van der Waals surface area (Å²) in [6, 6.07) is 5.40. The van der Waals surface area contributed by atoms with Crippen molar-refractivity contribution >= 4 is 11.9 Å². The van der Waals surface area contributed by atoms with Crippen LogP contribution in [0.15, 0.2) is 18.2 Å². The maximum absolute atomic E-state index is 12.4. The second-order valence-electron chi connectivity index (χ2n) is 5.31. The van der Waals surface area contributed by atoms with Crippen LogP contribution >= 0.6 is 0 Å². The van der Waals surface area contributed by atoms with Crippen molar-refractivity contribution in [2.75, 3.05) is 27.3 Å². The molecule has 0 aromatic heterocycles. The fourth-order valence-corrected chi connectivity index (χ4v) is 2.74. The first-order valence-corrected chi connectivity index (χ1v) is 7.27. The highest BCUT2D eigenvalue weighted by atomic mass is 16.5. The Morgan fingerprint density at radius 3 is 2.18 bits per heavy atom. The van der Waals surface area contributed by atoms with E-state index in [1.807, 2.05) is 6.07 Å². The lowest BCUT2D eigenvalue weighted by molar-refractivity contribution is -0.145. The molecule has 1 saturated heterocycles. The summed E-state index contributed by atoms with van der Waals surface area (Å²) in [7, 11) is 3.11. The molecule has 6 nitrogen and oxygen atoms in total. The van der Waals surface area contributed by atoms with Gasteiger partial charge < -0.3 is 19.5 Å². The van der Waals surface area contributed by atoms with E-state index in [2.05, 4.69) is 0 Å². The lowest BCUT2D eigenvalue weighted by atomic mass is 9.96. The molecule has 0 radical (unpaired) electrons. The summed E-state index contributed by atoms with van der Waals surface area (Å²) in [4.78, 5) is 25.1. The van der Waals surface area contributed by atoms with Crippen molar-refractivity contribution in [2.24, 2.45) is 5.92 Å². The van der Waals surface area contributed by atoms with Crippen molar-refractivity contribution in [1.82, 2.24) is 4.90 Å². The van der Waals surface area contributed by atoms with Crippen LogP contribution in [0.3, 0.4) is 0 Å². The molecule has 1 N–H and O–H groups in total. The molecule has 120 valence electrons. The fraction of sp³-hybridized carbons (Fsp3) is 0.500. The van der Waals surface area contributed by atoms with Crippen LogP contribution in [0.25, 0.3) is 0 Å². The van der Waals surface area contributed by atoms with E-state index in [0.29, 0.717) is 37.4 Å². The molecule has 0 aliphatic carbocycles. The van der Waals surface area contributed by atoms with Crippen molar-refractivity contribution in [1.29, 1.82) is 0 Å². The Labute approximate surface area is 129 Å². The molecular weight excluding hydrogens is 286 g/mol. The van der Waals surface area contributed by atoms with E-state index in [-0.39, 0.29) is 18.2 Å². The number of likely N-dealkylation sites (tertiary alicyclic amines) is 1. The molecule has 1 aliphatic heterocycles. The number of hydrogen-bond acceptors (Lipinski definition) is 4. The number of aliphatic carboxylic acids is 1. The van der Waals surface area contributed by atoms with Crippen molar-refractivity contribution in [2.45, 2.75) is 19.3 Å². The largest absolute Gasteiger partial charge is 0.496 e. The van der Waals surface area contributed by atoms with Gasteiger partial charge in [0.2, 0.25) is 5.91 Å². The van der Waals surface area contributed by atoms with E-state index >= 15 is 0 Å². The number of carbonyl (C=O) groups excluding carboxylic acids is 1. The standard InChI is InChI=1S/C16H21NO5/c1-21-13-4-3-5-14(22-2)12(13)10-15(18)17-8-6-11(7-9-17)16(19)20/h3-5,11H,6-10H2,1-2H3,(H,19,20). The van der Waals surface area contributed by atoms with Crippen molar-refractivity contribution in [3.63, 3.8) is 0 Å². The summed E-state index contributed by atoms with van der Waals surface area (Å²) in [5.74, 6) is 0.0798. The summed E-state index contributed by atoms with van der Waals surface area (Å²) in [6.07, 6.45) is 1.19. The Kier molecular flexibility index (Phi) is 5.25. The van der Waals surface area contributed by atoms with E-state index in [4.69, 9.17) is 14.6 Å². The molecular formula is C16H21NO5. The number of amides is 1. The molecule has 1 amide bonds. The van der Waals surface area contributed by atoms with Gasteiger partial charge in [0.15, 0.2) is 0 Å².